The highest BCUT2D eigenvalue weighted by molar-refractivity contribution is 7.22. The zero-order chi connectivity index (χ0) is 24.7. The summed E-state index contributed by atoms with van der Waals surface area (Å²) in [5.74, 6) is -1.06. The molecule has 0 bridgehead atoms. The Morgan fingerprint density at radius 2 is 1.91 bits per heavy atom. The molecule has 35 heavy (non-hydrogen) atoms. The number of pyridine rings is 1. The van der Waals surface area contributed by atoms with Crippen molar-refractivity contribution < 1.29 is 19.4 Å². The number of hydrogen-bond acceptors (Lipinski definition) is 7. The molecule has 1 aliphatic heterocycles. The zero-order valence-electron chi connectivity index (χ0n) is 19.5. The highest BCUT2D eigenvalue weighted by Crippen LogP contribution is 2.44. The lowest BCUT2D eigenvalue weighted by atomic mass is 9.97. The third-order valence-electron chi connectivity index (χ3n) is 6.06. The topological polar surface area (TPSA) is 92.6 Å². The molecule has 2 aromatic carbocycles. The number of benzene rings is 2. The molecule has 1 saturated heterocycles. The summed E-state index contributed by atoms with van der Waals surface area (Å²) >= 11 is 1.28. The van der Waals surface area contributed by atoms with E-state index in [4.69, 9.17) is 4.74 Å². The number of fused-ring (bicyclic) bond motifs is 1. The Morgan fingerprint density at radius 1 is 1.09 bits per heavy atom. The maximum atomic E-state index is 13.3. The molecule has 7 nitrogen and oxygen atoms in total. The van der Waals surface area contributed by atoms with Gasteiger partial charge in [0, 0.05) is 11.8 Å². The Balaban J connectivity index is 1.69. The minimum Gasteiger partial charge on any atom is -0.507 e. The molecular formula is C27H23N3O4S. The summed E-state index contributed by atoms with van der Waals surface area (Å²) < 4.78 is 6.41. The van der Waals surface area contributed by atoms with Crippen LogP contribution in [0.2, 0.25) is 0 Å². The molecule has 1 atom stereocenters. The number of ether oxygens (including phenoxy) is 1. The molecule has 3 heterocycles. The number of aliphatic hydroxyl groups excluding tert-OH is 1. The molecule has 0 aliphatic carbocycles. The number of rotatable bonds is 5. The average Bonchev–Trinajstić information content (AvgIpc) is 3.39. The lowest BCUT2D eigenvalue weighted by Gasteiger charge is -2.22. The molecule has 0 spiro atoms. The first-order valence-corrected chi connectivity index (χ1v) is 12.0. The van der Waals surface area contributed by atoms with Crippen molar-refractivity contribution in [3.05, 3.63) is 88.8 Å². The summed E-state index contributed by atoms with van der Waals surface area (Å²) in [7, 11) is 0. The van der Waals surface area contributed by atoms with Crippen molar-refractivity contribution in [2.45, 2.75) is 26.8 Å². The number of ketones is 1. The zero-order valence-corrected chi connectivity index (χ0v) is 20.3. The van der Waals surface area contributed by atoms with Gasteiger partial charge >= 0.3 is 5.91 Å². The van der Waals surface area contributed by atoms with Gasteiger partial charge in [-0.3, -0.25) is 19.5 Å². The van der Waals surface area contributed by atoms with Crippen molar-refractivity contribution in [1.29, 1.82) is 0 Å². The normalized spacial score (nSPS) is 17.3. The van der Waals surface area contributed by atoms with E-state index in [9.17, 15) is 14.7 Å². The molecule has 2 aromatic heterocycles. The Morgan fingerprint density at radius 3 is 2.63 bits per heavy atom. The maximum Gasteiger partial charge on any atom is 0.301 e. The molecule has 1 N–H and O–H groups in total. The van der Waals surface area contributed by atoms with E-state index in [1.165, 1.54) is 16.2 Å². The van der Waals surface area contributed by atoms with Gasteiger partial charge in [0.15, 0.2) is 5.13 Å². The van der Waals surface area contributed by atoms with Crippen LogP contribution in [0, 0.1) is 13.8 Å². The number of aryl methyl sites for hydroxylation is 2. The van der Waals surface area contributed by atoms with Crippen LogP contribution >= 0.6 is 11.3 Å². The van der Waals surface area contributed by atoms with Gasteiger partial charge in [-0.1, -0.05) is 29.5 Å². The van der Waals surface area contributed by atoms with E-state index < -0.39 is 17.7 Å². The number of aromatic nitrogens is 2. The molecule has 0 saturated carbocycles. The van der Waals surface area contributed by atoms with Crippen molar-refractivity contribution in [3.8, 4) is 5.75 Å². The average molecular weight is 486 g/mol. The number of nitrogens with zero attached hydrogens (tertiary/aromatic N) is 3. The molecule has 1 unspecified atom stereocenters. The van der Waals surface area contributed by atoms with E-state index in [-0.39, 0.29) is 11.3 Å². The Bertz CT molecular complexity index is 1490. The maximum absolute atomic E-state index is 13.3. The van der Waals surface area contributed by atoms with Gasteiger partial charge in [0.05, 0.1) is 28.1 Å². The van der Waals surface area contributed by atoms with Crippen LogP contribution in [0.1, 0.15) is 35.3 Å². The largest absolute Gasteiger partial charge is 0.507 e. The predicted octanol–water partition coefficient (Wildman–Crippen LogP) is 5.33. The van der Waals surface area contributed by atoms with Gasteiger partial charge in [0.2, 0.25) is 0 Å². The molecule has 8 heteroatoms. The molecule has 0 radical (unpaired) electrons. The minimum absolute atomic E-state index is 0.00813. The van der Waals surface area contributed by atoms with E-state index in [1.807, 2.05) is 45.0 Å². The number of thiazole rings is 1. The van der Waals surface area contributed by atoms with E-state index >= 15 is 0 Å². The second kappa shape index (κ2) is 8.96. The monoisotopic (exact) mass is 485 g/mol. The van der Waals surface area contributed by atoms with Gasteiger partial charge in [-0.2, -0.15) is 0 Å². The van der Waals surface area contributed by atoms with Gasteiger partial charge in [-0.05, 0) is 68.3 Å². The first-order valence-electron chi connectivity index (χ1n) is 11.2. The Hall–Kier alpha value is -4.04. The summed E-state index contributed by atoms with van der Waals surface area (Å²) in [5.41, 5.74) is 3.64. The van der Waals surface area contributed by atoms with Crippen molar-refractivity contribution >= 4 is 44.1 Å². The lowest BCUT2D eigenvalue weighted by Crippen LogP contribution is -2.29. The number of amides is 1. The summed E-state index contributed by atoms with van der Waals surface area (Å²) in [5, 5.41) is 11.6. The van der Waals surface area contributed by atoms with Gasteiger partial charge in [0.1, 0.15) is 17.6 Å². The van der Waals surface area contributed by atoms with Crippen LogP contribution in [0.25, 0.3) is 16.0 Å². The van der Waals surface area contributed by atoms with Crippen LogP contribution in [0.3, 0.4) is 0 Å². The van der Waals surface area contributed by atoms with Crippen molar-refractivity contribution in [2.24, 2.45) is 0 Å². The molecule has 1 fully saturated rings. The summed E-state index contributed by atoms with van der Waals surface area (Å²) in [6.45, 7) is 6.34. The first-order chi connectivity index (χ1) is 16.9. The van der Waals surface area contributed by atoms with Crippen LogP contribution in [0.5, 0.6) is 5.75 Å². The highest BCUT2D eigenvalue weighted by Gasteiger charge is 2.48. The van der Waals surface area contributed by atoms with Crippen LogP contribution < -0.4 is 9.64 Å². The van der Waals surface area contributed by atoms with Crippen LogP contribution in [-0.4, -0.2) is 33.4 Å². The standard InChI is InChI=1S/C27H23N3O4S/c1-4-34-18-10-11-19-21(14-18)35-27(29-19)30-23(20-7-5-6-12-28-20)22(25(32)26(30)33)24(31)17-9-8-15(2)16(3)13-17/h5-14,23,31H,4H2,1-3H3/b24-22+. The Kier molecular flexibility index (Phi) is 5.82. The van der Waals surface area contributed by atoms with Gasteiger partial charge in [0.25, 0.3) is 5.78 Å². The summed E-state index contributed by atoms with van der Waals surface area (Å²) in [6.07, 6.45) is 1.60. The second-order valence-corrected chi connectivity index (χ2v) is 9.29. The number of anilines is 1. The fourth-order valence-electron chi connectivity index (χ4n) is 4.14. The third kappa shape index (κ3) is 3.95. The van der Waals surface area contributed by atoms with Gasteiger partial charge in [-0.25, -0.2) is 4.98 Å². The molecule has 5 rings (SSSR count). The van der Waals surface area contributed by atoms with E-state index in [0.717, 1.165) is 15.8 Å². The number of hydrogen-bond donors (Lipinski definition) is 1. The lowest BCUT2D eigenvalue weighted by molar-refractivity contribution is -0.132. The quantitative estimate of drug-likeness (QED) is 0.233. The summed E-state index contributed by atoms with van der Waals surface area (Å²) in [4.78, 5) is 37.1. The molecular weight excluding hydrogens is 462 g/mol. The fraction of sp³-hybridized carbons (Fsp3) is 0.185. The van der Waals surface area contributed by atoms with Gasteiger partial charge in [-0.15, -0.1) is 0 Å². The van der Waals surface area contributed by atoms with Gasteiger partial charge < -0.3 is 9.84 Å². The number of Topliss-reactive ketones (excluding diaryl/α,β-unsaturated/α-hetero) is 1. The van der Waals surface area contributed by atoms with Crippen LogP contribution in [-0.2, 0) is 9.59 Å². The van der Waals surface area contributed by atoms with Crippen LogP contribution in [0.4, 0.5) is 5.13 Å². The predicted molar refractivity (Wildman–Crippen MR) is 136 cm³/mol. The van der Waals surface area contributed by atoms with Crippen molar-refractivity contribution in [3.63, 3.8) is 0 Å². The second-order valence-electron chi connectivity index (χ2n) is 8.28. The number of aliphatic hydroxyl groups is 1. The number of carbonyl (C=O) groups excluding carboxylic acids is 2. The van der Waals surface area contributed by atoms with Crippen molar-refractivity contribution in [2.75, 3.05) is 11.5 Å². The first kappa shape index (κ1) is 22.7. The molecule has 4 aromatic rings. The Labute approximate surface area is 206 Å². The smallest absolute Gasteiger partial charge is 0.301 e. The molecule has 1 amide bonds. The van der Waals surface area contributed by atoms with E-state index in [2.05, 4.69) is 9.97 Å². The number of carbonyl (C=O) groups is 2. The highest BCUT2D eigenvalue weighted by atomic mass is 32.1. The fourth-order valence-corrected chi connectivity index (χ4v) is 5.16. The van der Waals surface area contributed by atoms with Crippen LogP contribution in [0.15, 0.2) is 66.4 Å². The van der Waals surface area contributed by atoms with E-state index in [0.29, 0.717) is 34.3 Å². The summed E-state index contributed by atoms with van der Waals surface area (Å²) in [6, 6.07) is 15.3. The van der Waals surface area contributed by atoms with E-state index in [1.54, 1.807) is 36.5 Å². The third-order valence-corrected chi connectivity index (χ3v) is 7.08. The minimum atomic E-state index is -0.912. The molecule has 176 valence electrons. The molecule has 1 aliphatic rings. The SMILES string of the molecule is CCOc1ccc2nc(N3C(=O)C(=O)/C(=C(/O)c4ccc(C)c(C)c4)C3c3ccccn3)sc2c1. The van der Waals surface area contributed by atoms with Crippen molar-refractivity contribution in [1.82, 2.24) is 9.97 Å².